The van der Waals surface area contributed by atoms with Gasteiger partial charge in [0.05, 0.1) is 26.4 Å². The summed E-state index contributed by atoms with van der Waals surface area (Å²) in [6, 6.07) is 0. The number of aliphatic hydroxyl groups excluding tert-OH is 14. The molecule has 22 nitrogen and oxygen atoms in total. The molecule has 4 aliphatic rings. The molecule has 4 heterocycles. The van der Waals surface area contributed by atoms with Crippen LogP contribution >= 0.6 is 0 Å². The van der Waals surface area contributed by atoms with Crippen LogP contribution in [0.3, 0.4) is 0 Å². The van der Waals surface area contributed by atoms with Gasteiger partial charge in [0.25, 0.3) is 11.6 Å². The van der Waals surface area contributed by atoms with Crippen molar-refractivity contribution in [2.24, 2.45) is 0 Å². The van der Waals surface area contributed by atoms with Crippen molar-refractivity contribution in [3.8, 4) is 0 Å². The van der Waals surface area contributed by atoms with Crippen molar-refractivity contribution in [3.05, 3.63) is 0 Å². The fourth-order valence-corrected chi connectivity index (χ4v) is 5.66. The zero-order valence-electron chi connectivity index (χ0n) is 23.8. The van der Waals surface area contributed by atoms with Crippen LogP contribution in [0, 0.1) is 0 Å². The maximum absolute atomic E-state index is 11.4. The van der Waals surface area contributed by atoms with Gasteiger partial charge in [-0.2, -0.15) is 0 Å². The molecule has 0 aromatic carbocycles. The summed E-state index contributed by atoms with van der Waals surface area (Å²) in [5.41, 5.74) is 0. The summed E-state index contributed by atoms with van der Waals surface area (Å²) in [5.74, 6) is -7.34. The molecular weight excluding hydrogens is 640 g/mol. The van der Waals surface area contributed by atoms with Gasteiger partial charge in [0.2, 0.25) is 0 Å². The third-order valence-corrected chi connectivity index (χ3v) is 8.63. The smallest absolute Gasteiger partial charge is 0.254 e. The molecule has 4 aliphatic heterocycles. The van der Waals surface area contributed by atoms with E-state index in [0.29, 0.717) is 0 Å². The third kappa shape index (κ3) is 6.54. The standard InChI is InChI=1S/C24H42O22/c25-1-5-9(27)13(31)17(35)21(43-5)41-3-7-11(29)15(33)19(37)23(39,45-7)24(40)20(38)16(34)12(30)8(46-24)4-42-22-18(36)14(32)10(28)6(2-26)44-22/h5-22,25-40H,1-4H2/t5?,6?,7-,8-,9?,10?,11-,12-,13+,14+,15+,16+,17?,18?,19-,20-,21+,22+,23+,24+/m1/s1. The molecule has 46 heavy (non-hydrogen) atoms. The predicted octanol–water partition coefficient (Wildman–Crippen LogP) is -11.0. The number of ether oxygens (including phenoxy) is 6. The van der Waals surface area contributed by atoms with Crippen molar-refractivity contribution in [3.63, 3.8) is 0 Å². The van der Waals surface area contributed by atoms with E-state index >= 15 is 0 Å². The lowest BCUT2D eigenvalue weighted by molar-refractivity contribution is -0.492. The quantitative estimate of drug-likeness (QED) is 0.107. The van der Waals surface area contributed by atoms with Gasteiger partial charge < -0.3 is 110 Å². The molecule has 16 N–H and O–H groups in total. The zero-order chi connectivity index (χ0) is 34.5. The van der Waals surface area contributed by atoms with E-state index in [0.717, 1.165) is 0 Å². The second-order valence-corrected chi connectivity index (χ2v) is 11.6. The Balaban J connectivity index is 1.52. The van der Waals surface area contributed by atoms with E-state index in [2.05, 4.69) is 0 Å². The monoisotopic (exact) mass is 682 g/mol. The first kappa shape index (κ1) is 37.9. The van der Waals surface area contributed by atoms with Gasteiger partial charge in [0.1, 0.15) is 97.7 Å². The molecule has 20 atom stereocenters. The largest absolute Gasteiger partial charge is 0.394 e. The lowest BCUT2D eigenvalue weighted by Gasteiger charge is -2.56. The van der Waals surface area contributed by atoms with E-state index in [-0.39, 0.29) is 0 Å². The Bertz CT molecular complexity index is 916. The second kappa shape index (κ2) is 14.5. The molecule has 0 amide bonds. The Kier molecular flexibility index (Phi) is 12.0. The SMILES string of the molecule is OCC1O[C@H](OC[C@H]2O[C@](O)([C@@]3(O)O[C@H](CO[C@H]4OC(CO)C(O)[C@H](O)C4O)[C@@H](O)[C@H](O)[C@H]3O)[C@H](O)[C@@H](O)[C@@H]2O)C(O)[C@@H](O)C1O. The first-order valence-electron chi connectivity index (χ1n) is 14.2. The number of rotatable bonds is 9. The van der Waals surface area contributed by atoms with Crippen LogP contribution in [0.5, 0.6) is 0 Å². The number of hydrogen-bond donors (Lipinski definition) is 16. The van der Waals surface area contributed by atoms with Gasteiger partial charge in [-0.15, -0.1) is 0 Å². The van der Waals surface area contributed by atoms with E-state index in [9.17, 15) is 81.7 Å². The highest BCUT2D eigenvalue weighted by atomic mass is 16.8. The van der Waals surface area contributed by atoms with E-state index in [1.54, 1.807) is 0 Å². The maximum Gasteiger partial charge on any atom is 0.254 e. The predicted molar refractivity (Wildman–Crippen MR) is 135 cm³/mol. The van der Waals surface area contributed by atoms with Crippen molar-refractivity contribution < 1.29 is 110 Å². The fourth-order valence-electron chi connectivity index (χ4n) is 5.66. The maximum atomic E-state index is 11.4. The minimum absolute atomic E-state index is 0.824. The van der Waals surface area contributed by atoms with Crippen LogP contribution in [0.2, 0.25) is 0 Å². The van der Waals surface area contributed by atoms with Crippen LogP contribution in [0.4, 0.5) is 0 Å². The van der Waals surface area contributed by atoms with E-state index < -0.39 is 148 Å². The van der Waals surface area contributed by atoms with Crippen LogP contribution in [0.1, 0.15) is 0 Å². The van der Waals surface area contributed by atoms with Gasteiger partial charge in [0, 0.05) is 0 Å². The Hall–Kier alpha value is -0.880. The van der Waals surface area contributed by atoms with Gasteiger partial charge in [-0.25, -0.2) is 0 Å². The van der Waals surface area contributed by atoms with Crippen molar-refractivity contribution in [1.29, 1.82) is 0 Å². The highest BCUT2D eigenvalue weighted by Crippen LogP contribution is 2.44. The molecule has 0 radical (unpaired) electrons. The molecule has 6 unspecified atom stereocenters. The van der Waals surface area contributed by atoms with Crippen molar-refractivity contribution in [2.45, 2.75) is 122 Å². The van der Waals surface area contributed by atoms with Crippen LogP contribution in [-0.4, -0.2) is 230 Å². The van der Waals surface area contributed by atoms with Gasteiger partial charge in [-0.1, -0.05) is 0 Å². The van der Waals surface area contributed by atoms with Crippen LogP contribution in [0.25, 0.3) is 0 Å². The molecule has 0 saturated carbocycles. The highest BCUT2D eigenvalue weighted by Gasteiger charge is 2.71. The van der Waals surface area contributed by atoms with Gasteiger partial charge in [-0.05, 0) is 0 Å². The van der Waals surface area contributed by atoms with Gasteiger partial charge in [0.15, 0.2) is 12.6 Å². The molecule has 0 aromatic heterocycles. The van der Waals surface area contributed by atoms with Gasteiger partial charge >= 0.3 is 0 Å². The molecule has 270 valence electrons. The van der Waals surface area contributed by atoms with Crippen LogP contribution in [0.15, 0.2) is 0 Å². The third-order valence-electron chi connectivity index (χ3n) is 8.63. The Morgan fingerprint density at radius 1 is 0.413 bits per heavy atom. The van der Waals surface area contributed by atoms with E-state index in [1.165, 1.54) is 0 Å². The highest BCUT2D eigenvalue weighted by molar-refractivity contribution is 5.10. The summed E-state index contributed by atoms with van der Waals surface area (Å²) in [6.07, 6.45) is -36.0. The summed E-state index contributed by atoms with van der Waals surface area (Å²) in [4.78, 5) is 0. The van der Waals surface area contributed by atoms with Crippen molar-refractivity contribution >= 4 is 0 Å². The zero-order valence-corrected chi connectivity index (χ0v) is 23.8. The normalized spacial score (nSPS) is 55.3. The summed E-state index contributed by atoms with van der Waals surface area (Å²) in [6.45, 7) is -3.60. The topological polar surface area (TPSA) is 379 Å². The van der Waals surface area contributed by atoms with Crippen LogP contribution < -0.4 is 0 Å². The molecule has 4 rings (SSSR count). The minimum atomic E-state index is -3.67. The summed E-state index contributed by atoms with van der Waals surface area (Å²) in [5, 5.41) is 165. The lowest BCUT2D eigenvalue weighted by Crippen LogP contribution is -2.81. The average molecular weight is 683 g/mol. The molecule has 0 aromatic rings. The minimum Gasteiger partial charge on any atom is -0.394 e. The fraction of sp³-hybridized carbons (Fsp3) is 1.00. The molecule has 22 heteroatoms. The average Bonchev–Trinajstić information content (AvgIpc) is 3.04. The first-order valence-corrected chi connectivity index (χ1v) is 14.2. The Morgan fingerprint density at radius 2 is 0.717 bits per heavy atom. The van der Waals surface area contributed by atoms with Crippen molar-refractivity contribution in [2.75, 3.05) is 26.4 Å². The molecule has 0 aliphatic carbocycles. The van der Waals surface area contributed by atoms with E-state index in [1.807, 2.05) is 0 Å². The second-order valence-electron chi connectivity index (χ2n) is 11.6. The molecule has 4 saturated heterocycles. The lowest BCUT2D eigenvalue weighted by atomic mass is 9.80. The molecular formula is C24H42O22. The molecule has 0 bridgehead atoms. The summed E-state index contributed by atoms with van der Waals surface area (Å²) < 4.78 is 31.3. The van der Waals surface area contributed by atoms with E-state index in [4.69, 9.17) is 28.4 Å². The Morgan fingerprint density at radius 3 is 1.02 bits per heavy atom. The van der Waals surface area contributed by atoms with Crippen LogP contribution in [-0.2, 0) is 28.4 Å². The summed E-state index contributed by atoms with van der Waals surface area (Å²) >= 11 is 0. The molecule has 4 fully saturated rings. The molecule has 0 spiro atoms. The summed E-state index contributed by atoms with van der Waals surface area (Å²) in [7, 11) is 0. The number of aliphatic hydroxyl groups is 16. The number of hydrogen-bond acceptors (Lipinski definition) is 22. The van der Waals surface area contributed by atoms with Gasteiger partial charge in [-0.3, -0.25) is 0 Å². The Labute approximate surface area is 258 Å². The first-order chi connectivity index (χ1) is 21.4. The van der Waals surface area contributed by atoms with Crippen molar-refractivity contribution in [1.82, 2.24) is 0 Å².